The molecule has 2 nitrogen and oxygen atoms in total. The van der Waals surface area contributed by atoms with Gasteiger partial charge in [0.2, 0.25) is 0 Å². The van der Waals surface area contributed by atoms with Crippen LogP contribution in [0.25, 0.3) is 10.9 Å². The van der Waals surface area contributed by atoms with Crippen LogP contribution in [0.5, 0.6) is 0 Å². The molecular formula is C13H13NOS. The van der Waals surface area contributed by atoms with Crippen molar-refractivity contribution < 1.29 is 4.55 Å². The van der Waals surface area contributed by atoms with Crippen molar-refractivity contribution in [3.63, 3.8) is 0 Å². The zero-order valence-electron chi connectivity index (χ0n) is 9.17. The number of aryl methyl sites for hydroxylation is 1. The van der Waals surface area contributed by atoms with Gasteiger partial charge in [0.25, 0.3) is 0 Å². The van der Waals surface area contributed by atoms with Gasteiger partial charge in [-0.1, -0.05) is 12.1 Å². The van der Waals surface area contributed by atoms with E-state index < -0.39 is 11.2 Å². The van der Waals surface area contributed by atoms with E-state index in [2.05, 4.69) is 17.5 Å². The lowest BCUT2D eigenvalue weighted by Crippen LogP contribution is -2.00. The fraction of sp³-hybridized carbons (Fsp3) is 0.308. The van der Waals surface area contributed by atoms with E-state index in [1.807, 2.05) is 12.1 Å². The number of H-pyrrole nitrogens is 1. The third-order valence-electron chi connectivity index (χ3n) is 3.15. The van der Waals surface area contributed by atoms with Crippen LogP contribution in [0.2, 0.25) is 0 Å². The van der Waals surface area contributed by atoms with Crippen LogP contribution in [0.3, 0.4) is 0 Å². The Bertz CT molecular complexity index is 530. The maximum absolute atomic E-state index is 11.6. The molecule has 1 unspecified atom stereocenters. The minimum Gasteiger partial charge on any atom is -0.612 e. The number of fused-ring (bicyclic) bond motifs is 3. The molecule has 0 saturated heterocycles. The van der Waals surface area contributed by atoms with Crippen LogP contribution in [0.15, 0.2) is 23.1 Å². The minimum atomic E-state index is -0.934. The van der Waals surface area contributed by atoms with Crippen molar-refractivity contribution in [3.05, 3.63) is 35.9 Å². The molecule has 1 aromatic carbocycles. The van der Waals surface area contributed by atoms with Crippen molar-refractivity contribution in [2.45, 2.75) is 24.2 Å². The molecule has 16 heavy (non-hydrogen) atoms. The summed E-state index contributed by atoms with van der Waals surface area (Å²) in [6.07, 6.45) is 8.06. The van der Waals surface area contributed by atoms with E-state index in [0.717, 1.165) is 29.7 Å². The Hall–Kier alpha value is -0.930. The Balaban J connectivity index is 2.29. The number of aromatic amines is 1. The van der Waals surface area contributed by atoms with E-state index in [1.54, 1.807) is 6.26 Å². The molecule has 0 aliphatic heterocycles. The van der Waals surface area contributed by atoms with Crippen molar-refractivity contribution in [1.29, 1.82) is 0 Å². The number of aromatic nitrogens is 1. The predicted molar refractivity (Wildman–Crippen MR) is 65.9 cm³/mol. The zero-order valence-corrected chi connectivity index (χ0v) is 9.99. The monoisotopic (exact) mass is 231 g/mol. The second-order valence-electron chi connectivity index (χ2n) is 4.14. The van der Waals surface area contributed by atoms with Gasteiger partial charge in [0, 0.05) is 11.1 Å². The summed E-state index contributed by atoms with van der Waals surface area (Å²) in [5.74, 6) is 0. The quantitative estimate of drug-likeness (QED) is 0.752. The van der Waals surface area contributed by atoms with Gasteiger partial charge in [0.05, 0.1) is 0 Å². The third-order valence-corrected chi connectivity index (χ3v) is 4.11. The highest BCUT2D eigenvalue weighted by atomic mass is 32.2. The number of hydrogen-bond acceptors (Lipinski definition) is 1. The van der Waals surface area contributed by atoms with Gasteiger partial charge in [0.1, 0.15) is 11.8 Å². The molecule has 0 fully saturated rings. The standard InChI is InChI=1S/C13H13NOS/c1-16(15)12-8-4-6-10-9-5-2-3-7-11(9)14-13(10)12/h4,6,8,14H,3,5,7H2,1H3. The SMILES string of the molecule is C[S+]([O-])c1cccc2c3c([nH]c12)CC[C]C3. The Labute approximate surface area is 98.2 Å². The minimum absolute atomic E-state index is 0.909. The highest BCUT2D eigenvalue weighted by Crippen LogP contribution is 2.31. The van der Waals surface area contributed by atoms with Crippen LogP contribution in [-0.4, -0.2) is 15.8 Å². The molecule has 2 aromatic rings. The predicted octanol–water partition coefficient (Wildman–Crippen LogP) is 2.48. The van der Waals surface area contributed by atoms with E-state index in [1.165, 1.54) is 16.6 Å². The highest BCUT2D eigenvalue weighted by Gasteiger charge is 2.19. The average molecular weight is 231 g/mol. The maximum atomic E-state index is 11.6. The molecule has 3 rings (SSSR count). The van der Waals surface area contributed by atoms with Crippen LogP contribution in [0, 0.1) is 6.42 Å². The second-order valence-corrected chi connectivity index (χ2v) is 5.49. The summed E-state index contributed by atoms with van der Waals surface area (Å²) in [5, 5.41) is 1.22. The topological polar surface area (TPSA) is 38.8 Å². The van der Waals surface area contributed by atoms with Gasteiger partial charge < -0.3 is 9.54 Å². The Morgan fingerprint density at radius 1 is 1.44 bits per heavy atom. The number of hydrogen-bond donors (Lipinski definition) is 1. The highest BCUT2D eigenvalue weighted by molar-refractivity contribution is 7.91. The van der Waals surface area contributed by atoms with E-state index in [9.17, 15) is 4.55 Å². The molecule has 1 aliphatic carbocycles. The van der Waals surface area contributed by atoms with Gasteiger partial charge in [-0.25, -0.2) is 0 Å². The summed E-state index contributed by atoms with van der Waals surface area (Å²) in [5.41, 5.74) is 3.69. The van der Waals surface area contributed by atoms with Crippen molar-refractivity contribution >= 4 is 22.1 Å². The summed E-state index contributed by atoms with van der Waals surface area (Å²) in [6.45, 7) is 0. The van der Waals surface area contributed by atoms with Crippen LogP contribution >= 0.6 is 0 Å². The lowest BCUT2D eigenvalue weighted by atomic mass is 9.96. The van der Waals surface area contributed by atoms with Crippen LogP contribution in [-0.2, 0) is 24.0 Å². The molecule has 1 aromatic heterocycles. The first-order valence-corrected chi connectivity index (χ1v) is 7.00. The largest absolute Gasteiger partial charge is 0.612 e. The summed E-state index contributed by atoms with van der Waals surface area (Å²) in [6, 6.07) is 6.03. The van der Waals surface area contributed by atoms with Crippen molar-refractivity contribution in [3.8, 4) is 0 Å². The van der Waals surface area contributed by atoms with Crippen molar-refractivity contribution in [2.24, 2.45) is 0 Å². The lowest BCUT2D eigenvalue weighted by Gasteiger charge is -2.09. The molecule has 82 valence electrons. The first-order chi connectivity index (χ1) is 7.77. The number of nitrogens with one attached hydrogen (secondary N) is 1. The Morgan fingerprint density at radius 3 is 3.12 bits per heavy atom. The van der Waals surface area contributed by atoms with E-state index in [-0.39, 0.29) is 0 Å². The number of para-hydroxylation sites is 1. The van der Waals surface area contributed by atoms with E-state index in [0.29, 0.717) is 0 Å². The molecule has 0 bridgehead atoms. The molecule has 2 radical (unpaired) electrons. The van der Waals surface area contributed by atoms with Crippen LogP contribution < -0.4 is 0 Å². The van der Waals surface area contributed by atoms with Crippen LogP contribution in [0.4, 0.5) is 0 Å². The normalized spacial score (nSPS) is 17.4. The van der Waals surface area contributed by atoms with E-state index in [4.69, 9.17) is 0 Å². The average Bonchev–Trinajstić information content (AvgIpc) is 2.67. The summed E-state index contributed by atoms with van der Waals surface area (Å²) in [4.78, 5) is 4.34. The third kappa shape index (κ3) is 1.46. The Morgan fingerprint density at radius 2 is 2.31 bits per heavy atom. The van der Waals surface area contributed by atoms with Gasteiger partial charge in [0.15, 0.2) is 4.90 Å². The van der Waals surface area contributed by atoms with Gasteiger partial charge in [-0.05, 0) is 48.5 Å². The van der Waals surface area contributed by atoms with Crippen molar-refractivity contribution in [1.82, 2.24) is 4.98 Å². The molecule has 0 spiro atoms. The van der Waals surface area contributed by atoms with Gasteiger partial charge in [-0.3, -0.25) is 0 Å². The molecular weight excluding hydrogens is 218 g/mol. The molecule has 1 heterocycles. The van der Waals surface area contributed by atoms with Crippen molar-refractivity contribution in [2.75, 3.05) is 6.26 Å². The van der Waals surface area contributed by atoms with E-state index >= 15 is 0 Å². The fourth-order valence-electron chi connectivity index (χ4n) is 2.38. The van der Waals surface area contributed by atoms with Gasteiger partial charge in [-0.15, -0.1) is 0 Å². The lowest BCUT2D eigenvalue weighted by molar-refractivity contribution is 0.601. The molecule has 1 atom stereocenters. The smallest absolute Gasteiger partial charge is 0.176 e. The van der Waals surface area contributed by atoms with Crippen LogP contribution in [0.1, 0.15) is 17.7 Å². The van der Waals surface area contributed by atoms with Gasteiger partial charge in [-0.2, -0.15) is 0 Å². The molecule has 1 N–H and O–H groups in total. The molecule has 0 saturated carbocycles. The maximum Gasteiger partial charge on any atom is 0.176 e. The molecule has 3 heteroatoms. The zero-order chi connectivity index (χ0) is 11.1. The fourth-order valence-corrected chi connectivity index (χ4v) is 3.10. The Kier molecular flexibility index (Phi) is 2.45. The summed E-state index contributed by atoms with van der Waals surface area (Å²) in [7, 11) is 0. The molecule has 1 aliphatic rings. The summed E-state index contributed by atoms with van der Waals surface area (Å²) < 4.78 is 11.6. The molecule has 0 amide bonds. The number of benzene rings is 1. The second kappa shape index (κ2) is 3.82. The summed E-state index contributed by atoms with van der Waals surface area (Å²) >= 11 is -0.934. The van der Waals surface area contributed by atoms with Gasteiger partial charge >= 0.3 is 0 Å². The first kappa shape index (κ1) is 10.2. The first-order valence-electron chi connectivity index (χ1n) is 5.44. The number of rotatable bonds is 1.